The van der Waals surface area contributed by atoms with Gasteiger partial charge in [0.05, 0.1) is 13.2 Å². The van der Waals surface area contributed by atoms with Crippen molar-refractivity contribution in [2.75, 3.05) is 72.3 Å². The monoisotopic (exact) mass is 1270 g/mol. The van der Waals surface area contributed by atoms with E-state index < -0.39 is 196 Å². The summed E-state index contributed by atoms with van der Waals surface area (Å²) in [6, 6.07) is -2.62. The van der Waals surface area contributed by atoms with E-state index in [0.29, 0.717) is 25.9 Å². The summed E-state index contributed by atoms with van der Waals surface area (Å²) < 4.78 is 72.4. The molecule has 3 heterocycles. The minimum absolute atomic E-state index is 0.0210. The predicted octanol–water partition coefficient (Wildman–Crippen LogP) is -3.60. The summed E-state index contributed by atoms with van der Waals surface area (Å²) >= 11 is 0. The molecule has 0 spiro atoms. The third-order valence-corrected chi connectivity index (χ3v) is 12.6. The number of carbonyl (C=O) groups is 12. The third kappa shape index (κ3) is 26.9. The first-order chi connectivity index (χ1) is 41.4. The van der Waals surface area contributed by atoms with Gasteiger partial charge in [0.2, 0.25) is 30.4 Å². The van der Waals surface area contributed by atoms with Crippen molar-refractivity contribution < 1.29 is 134 Å². The van der Waals surface area contributed by atoms with Gasteiger partial charge in [-0.3, -0.25) is 72.5 Å². The SMILES string of the molecule is CC(=O)NC1C(OC(C)=O)[C@@H](OC(C)=O)C(COC(C)=O)O[C@H]1ONCCCN(CCCNCCCNC(O)O[C@@H]1OC(COC(C)=O)[C@H](OC(C)=O)C(OC(C)=O)C1NC(C)=O)OCC1(NC(C)=O)COC(COC(C)=O)[C@H](OC(C)=O)C1OC(C)=O. The lowest BCUT2D eigenvalue weighted by Gasteiger charge is -2.48. The molecule has 0 aliphatic carbocycles. The van der Waals surface area contributed by atoms with Crippen molar-refractivity contribution in [1.29, 1.82) is 0 Å². The Morgan fingerprint density at radius 2 is 0.932 bits per heavy atom. The highest BCUT2D eigenvalue weighted by atomic mass is 16.8. The molecule has 3 rings (SSSR count). The number of rotatable bonds is 35. The van der Waals surface area contributed by atoms with Crippen molar-refractivity contribution in [3.63, 3.8) is 0 Å². The molecule has 0 radical (unpaired) electrons. The molecule has 500 valence electrons. The van der Waals surface area contributed by atoms with Crippen molar-refractivity contribution in [1.82, 2.24) is 37.1 Å². The van der Waals surface area contributed by atoms with Gasteiger partial charge in [-0.05, 0) is 32.4 Å². The number of esters is 9. The van der Waals surface area contributed by atoms with E-state index in [0.717, 1.165) is 69.2 Å². The zero-order valence-electron chi connectivity index (χ0n) is 51.4. The Morgan fingerprint density at radius 1 is 0.500 bits per heavy atom. The van der Waals surface area contributed by atoms with Crippen molar-refractivity contribution in [2.45, 2.75) is 194 Å². The third-order valence-electron chi connectivity index (χ3n) is 12.6. The van der Waals surface area contributed by atoms with E-state index in [2.05, 4.69) is 32.1 Å². The Morgan fingerprint density at radius 3 is 1.40 bits per heavy atom. The molecule has 0 aromatic heterocycles. The second-order valence-corrected chi connectivity index (χ2v) is 20.5. The highest BCUT2D eigenvalue weighted by molar-refractivity contribution is 5.75. The average molecular weight is 1270 g/mol. The van der Waals surface area contributed by atoms with Crippen LogP contribution in [0.2, 0.25) is 0 Å². The molecule has 0 aromatic carbocycles. The molecule has 0 bridgehead atoms. The molecule has 3 fully saturated rings. The summed E-state index contributed by atoms with van der Waals surface area (Å²) in [5.74, 6) is -8.84. The molecular weight excluding hydrogens is 1180 g/mol. The summed E-state index contributed by atoms with van der Waals surface area (Å²) in [5, 5.41) is 26.4. The highest BCUT2D eigenvalue weighted by Crippen LogP contribution is 2.33. The van der Waals surface area contributed by atoms with Crippen LogP contribution in [-0.2, 0) is 129 Å². The van der Waals surface area contributed by atoms with E-state index in [1.807, 2.05) is 0 Å². The standard InChI is InChI=1S/C53H85N7O28/c1-27(61)57-42-47(82-36(10)70)44(79-33(7)67)40(23-75-31(5)65)85-50(42)87-52(73)55-18-13-16-54-17-14-20-60(78-26-53(59-29(3)63)25-77-39(22-74-30(4)64)46(81-35(9)69)49(53)84-38(12)72)21-15-19-56-88-51-43(58-28(2)62)48(83-37(11)71)45(80-34(8)68)41(86-51)24-76-32(6)66/h39-52,54-56,73H,13-26H2,1-12H3,(H,57,61)(H,58,62)(H,59,63)/t39?,40?,41?,42?,43?,44-,45-,46-,47?,48?,49?,50-,51-,52?,53?/m0/s1. The van der Waals surface area contributed by atoms with Crippen molar-refractivity contribution in [2.24, 2.45) is 0 Å². The maximum Gasteiger partial charge on any atom is 0.303 e. The molecule has 3 amide bonds. The fourth-order valence-corrected chi connectivity index (χ4v) is 9.42. The fraction of sp³-hybridized carbons (Fsp3) is 0.774. The molecule has 3 aliphatic heterocycles. The Balaban J connectivity index is 1.81. The van der Waals surface area contributed by atoms with Crippen LogP contribution in [0, 0.1) is 0 Å². The maximum atomic E-state index is 13.0. The number of amides is 3. The van der Waals surface area contributed by atoms with Gasteiger partial charge in [0.1, 0.15) is 55.8 Å². The lowest BCUT2D eigenvalue weighted by molar-refractivity contribution is -0.313. The van der Waals surface area contributed by atoms with E-state index >= 15 is 0 Å². The smallest absolute Gasteiger partial charge is 0.303 e. The molecule has 0 saturated carbocycles. The Hall–Kier alpha value is -6.80. The summed E-state index contributed by atoms with van der Waals surface area (Å²) in [6.07, 6.45) is -15.9. The van der Waals surface area contributed by atoms with Gasteiger partial charge in [-0.25, -0.2) is 0 Å². The fourth-order valence-electron chi connectivity index (χ4n) is 9.42. The molecule has 35 nitrogen and oxygen atoms in total. The number of hydroxylamine groups is 3. The highest BCUT2D eigenvalue weighted by Gasteiger charge is 2.57. The van der Waals surface area contributed by atoms with Crippen molar-refractivity contribution >= 4 is 71.4 Å². The Bertz CT molecular complexity index is 2370. The quantitative estimate of drug-likeness (QED) is 0.0106. The Labute approximate surface area is 507 Å². The molecular formula is C53H85N7O28. The van der Waals surface area contributed by atoms with Gasteiger partial charge in [0.25, 0.3) is 0 Å². The number of hydrogen-bond donors (Lipinski definition) is 7. The number of ether oxygens (including phenoxy) is 13. The van der Waals surface area contributed by atoms with Gasteiger partial charge in [0, 0.05) is 109 Å². The van der Waals surface area contributed by atoms with Crippen LogP contribution in [0.4, 0.5) is 0 Å². The molecule has 88 heavy (non-hydrogen) atoms. The zero-order valence-corrected chi connectivity index (χ0v) is 51.4. The largest absolute Gasteiger partial charge is 0.463 e. The van der Waals surface area contributed by atoms with Crippen LogP contribution in [-0.4, -0.2) is 245 Å². The van der Waals surface area contributed by atoms with E-state index in [4.69, 9.17) is 71.3 Å². The van der Waals surface area contributed by atoms with Crippen molar-refractivity contribution in [3.05, 3.63) is 0 Å². The van der Waals surface area contributed by atoms with Gasteiger partial charge in [0.15, 0.2) is 42.9 Å². The average Bonchev–Trinajstić information content (AvgIpc) is 1.51. The van der Waals surface area contributed by atoms with E-state index in [9.17, 15) is 62.6 Å². The lowest BCUT2D eigenvalue weighted by atomic mass is 9.84. The lowest BCUT2D eigenvalue weighted by Crippen LogP contribution is -2.72. The molecule has 3 saturated heterocycles. The minimum atomic E-state index is -1.75. The Kier molecular flexibility index (Phi) is 32.5. The molecule has 35 heteroatoms. The van der Waals surface area contributed by atoms with Gasteiger partial charge in [-0.1, -0.05) is 0 Å². The number of nitrogens with one attached hydrogen (secondary N) is 6. The second-order valence-electron chi connectivity index (χ2n) is 20.5. The summed E-state index contributed by atoms with van der Waals surface area (Å²) in [5.41, 5.74) is 1.02. The first-order valence-corrected chi connectivity index (χ1v) is 28.1. The second kappa shape index (κ2) is 37.9. The molecule has 15 atom stereocenters. The van der Waals surface area contributed by atoms with Crippen molar-refractivity contribution in [3.8, 4) is 0 Å². The first kappa shape index (κ1) is 75.4. The van der Waals surface area contributed by atoms with Gasteiger partial charge in [-0.2, -0.15) is 10.5 Å². The number of aliphatic hydroxyl groups is 1. The van der Waals surface area contributed by atoms with Crippen LogP contribution in [0.15, 0.2) is 0 Å². The summed E-state index contributed by atoms with van der Waals surface area (Å²) in [7, 11) is 0. The van der Waals surface area contributed by atoms with Crippen LogP contribution >= 0.6 is 0 Å². The van der Waals surface area contributed by atoms with E-state index in [-0.39, 0.29) is 32.6 Å². The number of nitrogens with zero attached hydrogens (tertiary/aromatic N) is 1. The van der Waals surface area contributed by atoms with Gasteiger partial charge >= 0.3 is 53.7 Å². The van der Waals surface area contributed by atoms with Gasteiger partial charge in [-0.15, -0.1) is 0 Å². The zero-order chi connectivity index (χ0) is 65.8. The van der Waals surface area contributed by atoms with E-state index in [1.165, 1.54) is 18.9 Å². The van der Waals surface area contributed by atoms with Crippen LogP contribution in [0.1, 0.15) is 102 Å². The summed E-state index contributed by atoms with van der Waals surface area (Å²) in [6.45, 7) is 12.4. The van der Waals surface area contributed by atoms with Crippen LogP contribution < -0.4 is 32.1 Å². The van der Waals surface area contributed by atoms with Gasteiger partial charge < -0.3 is 88.0 Å². The van der Waals surface area contributed by atoms with Crippen LogP contribution in [0.25, 0.3) is 0 Å². The maximum absolute atomic E-state index is 13.0. The predicted molar refractivity (Wildman–Crippen MR) is 290 cm³/mol. The van der Waals surface area contributed by atoms with E-state index in [1.54, 1.807) is 0 Å². The molecule has 0 aromatic rings. The molecule has 10 unspecified atom stereocenters. The van der Waals surface area contributed by atoms with Crippen LogP contribution in [0.3, 0.4) is 0 Å². The molecule has 7 N–H and O–H groups in total. The number of aliphatic hydroxyl groups excluding tert-OH is 1. The minimum Gasteiger partial charge on any atom is -0.463 e. The molecule has 3 aliphatic rings. The first-order valence-electron chi connectivity index (χ1n) is 28.1. The topological polar surface area (TPSA) is 439 Å². The normalized spacial score (nSPS) is 27.0. The summed E-state index contributed by atoms with van der Waals surface area (Å²) in [4.78, 5) is 160. The number of hydrogen-bond acceptors (Lipinski definition) is 32. The van der Waals surface area contributed by atoms with Crippen LogP contribution in [0.5, 0.6) is 0 Å². The number of carbonyl (C=O) groups excluding carboxylic acids is 12.